The van der Waals surface area contributed by atoms with Crippen LogP contribution in [0.5, 0.6) is 0 Å². The molecule has 0 unspecified atom stereocenters. The van der Waals surface area contributed by atoms with Gasteiger partial charge in [0.2, 0.25) is 0 Å². The van der Waals surface area contributed by atoms with Gasteiger partial charge in [-0.1, -0.05) is 11.2 Å². The van der Waals surface area contributed by atoms with E-state index in [0.717, 1.165) is 12.8 Å². The third kappa shape index (κ3) is 3.78. The molecule has 0 saturated carbocycles. The summed E-state index contributed by atoms with van der Waals surface area (Å²) in [6, 6.07) is 0. The fourth-order valence-electron chi connectivity index (χ4n) is 1.90. The largest absolute Gasteiger partial charge is 0.370 e. The van der Waals surface area contributed by atoms with Crippen LogP contribution in [0.3, 0.4) is 0 Å². The zero-order valence-corrected chi connectivity index (χ0v) is 11.0. The Kier molecular flexibility index (Phi) is 4.51. The Morgan fingerprint density at radius 2 is 2.47 bits per heavy atom. The van der Waals surface area contributed by atoms with Crippen LogP contribution in [0.25, 0.3) is 0 Å². The molecular formula is C12H19N5O2. The van der Waals surface area contributed by atoms with E-state index in [0.29, 0.717) is 30.8 Å². The number of aromatic nitrogens is 2. The smallest absolute Gasteiger partial charge is 0.255 e. The van der Waals surface area contributed by atoms with Gasteiger partial charge in [-0.2, -0.15) is 4.98 Å². The minimum Gasteiger partial charge on any atom is -0.370 e. The molecule has 1 fully saturated rings. The maximum Gasteiger partial charge on any atom is 0.255 e. The van der Waals surface area contributed by atoms with E-state index in [4.69, 9.17) is 15.0 Å². The third-order valence-electron chi connectivity index (χ3n) is 2.82. The molecule has 2 heterocycles. The second-order valence-corrected chi connectivity index (χ2v) is 4.40. The van der Waals surface area contributed by atoms with Gasteiger partial charge in [0.05, 0.1) is 12.6 Å². The zero-order valence-electron chi connectivity index (χ0n) is 11.0. The van der Waals surface area contributed by atoms with E-state index in [1.807, 2.05) is 0 Å². The van der Waals surface area contributed by atoms with Crippen molar-refractivity contribution >= 4 is 5.96 Å². The van der Waals surface area contributed by atoms with Gasteiger partial charge in [0, 0.05) is 6.54 Å². The van der Waals surface area contributed by atoms with Gasteiger partial charge in [-0.3, -0.25) is 4.99 Å². The molecule has 7 nitrogen and oxygen atoms in total. The van der Waals surface area contributed by atoms with E-state index >= 15 is 0 Å². The first-order valence-corrected chi connectivity index (χ1v) is 6.29. The van der Waals surface area contributed by atoms with Crippen molar-refractivity contribution in [2.24, 2.45) is 10.7 Å². The highest BCUT2D eigenvalue weighted by molar-refractivity contribution is 5.77. The van der Waals surface area contributed by atoms with Gasteiger partial charge >= 0.3 is 0 Å². The Labute approximate surface area is 111 Å². The van der Waals surface area contributed by atoms with Gasteiger partial charge < -0.3 is 20.3 Å². The predicted octanol–water partition coefficient (Wildman–Crippen LogP) is 0.688. The zero-order chi connectivity index (χ0) is 13.7. The first kappa shape index (κ1) is 13.5. The van der Waals surface area contributed by atoms with Crippen LogP contribution < -0.4 is 11.1 Å². The topological polar surface area (TPSA) is 98.6 Å². The Morgan fingerprint density at radius 3 is 3.16 bits per heavy atom. The predicted molar refractivity (Wildman–Crippen MR) is 70.6 cm³/mol. The first-order valence-electron chi connectivity index (χ1n) is 6.29. The molecule has 1 aliphatic heterocycles. The van der Waals surface area contributed by atoms with Gasteiger partial charge in [0.25, 0.3) is 5.89 Å². The highest BCUT2D eigenvalue weighted by atomic mass is 16.5. The average Bonchev–Trinajstić information content (AvgIpc) is 3.02. The normalized spacial score (nSPS) is 23.5. The number of aryl methyl sites for hydroxylation is 1. The molecule has 0 radical (unpaired) electrons. The van der Waals surface area contributed by atoms with Gasteiger partial charge in [-0.05, 0) is 19.8 Å². The summed E-state index contributed by atoms with van der Waals surface area (Å²) in [7, 11) is 0. The first-order chi connectivity index (χ1) is 9.19. The number of rotatable bonds is 5. The Hall–Kier alpha value is -1.89. The number of aliphatic imine (C=N–C) groups is 1. The molecule has 0 spiro atoms. The molecule has 0 aromatic carbocycles. The number of ether oxygens (including phenoxy) is 1. The number of nitrogens with one attached hydrogen (secondary N) is 1. The van der Waals surface area contributed by atoms with Crippen molar-refractivity contribution in [1.29, 1.82) is 0 Å². The number of guanidine groups is 1. The van der Waals surface area contributed by atoms with Crippen molar-refractivity contribution in [3.8, 4) is 0 Å². The van der Waals surface area contributed by atoms with E-state index in [-0.39, 0.29) is 12.2 Å². The molecule has 3 N–H and O–H groups in total. The summed E-state index contributed by atoms with van der Waals surface area (Å²) >= 11 is 0. The lowest BCUT2D eigenvalue weighted by molar-refractivity contribution is 0.0309. The molecule has 104 valence electrons. The maximum absolute atomic E-state index is 5.81. The van der Waals surface area contributed by atoms with Crippen molar-refractivity contribution in [3.05, 3.63) is 24.4 Å². The minimum atomic E-state index is -0.122. The number of nitrogens with zero attached hydrogens (tertiary/aromatic N) is 3. The molecule has 1 aromatic rings. The lowest BCUT2D eigenvalue weighted by atomic mass is 10.2. The summed E-state index contributed by atoms with van der Waals surface area (Å²) in [5.74, 6) is 1.57. The van der Waals surface area contributed by atoms with Crippen molar-refractivity contribution in [1.82, 2.24) is 15.5 Å². The van der Waals surface area contributed by atoms with Crippen LogP contribution in [-0.2, 0) is 4.74 Å². The molecule has 0 aliphatic carbocycles. The molecular weight excluding hydrogens is 246 g/mol. The highest BCUT2D eigenvalue weighted by Crippen LogP contribution is 2.31. The van der Waals surface area contributed by atoms with Crippen LogP contribution in [0.15, 0.2) is 22.2 Å². The summed E-state index contributed by atoms with van der Waals surface area (Å²) in [6.07, 6.45) is 3.42. The third-order valence-corrected chi connectivity index (χ3v) is 2.82. The highest BCUT2D eigenvalue weighted by Gasteiger charge is 2.30. The van der Waals surface area contributed by atoms with Crippen LogP contribution in [0.1, 0.15) is 30.7 Å². The van der Waals surface area contributed by atoms with E-state index in [2.05, 4.69) is 27.0 Å². The van der Waals surface area contributed by atoms with Gasteiger partial charge in [0.15, 0.2) is 11.8 Å². The lowest BCUT2D eigenvalue weighted by Gasteiger charge is -2.09. The molecule has 0 amide bonds. The van der Waals surface area contributed by atoms with Gasteiger partial charge in [-0.25, -0.2) is 0 Å². The fourth-order valence-corrected chi connectivity index (χ4v) is 1.90. The number of hydrogen-bond donors (Lipinski definition) is 2. The van der Waals surface area contributed by atoms with Crippen molar-refractivity contribution in [2.75, 3.05) is 13.1 Å². The molecule has 19 heavy (non-hydrogen) atoms. The SMILES string of the molecule is C=CCNC(N)=NC[C@H]1CC[C@@H](c2nc(C)no2)O1. The molecule has 1 saturated heterocycles. The van der Waals surface area contributed by atoms with E-state index in [9.17, 15) is 0 Å². The second kappa shape index (κ2) is 6.33. The monoisotopic (exact) mass is 265 g/mol. The van der Waals surface area contributed by atoms with Crippen molar-refractivity contribution in [2.45, 2.75) is 32.0 Å². The van der Waals surface area contributed by atoms with E-state index in [1.54, 1.807) is 13.0 Å². The maximum atomic E-state index is 5.81. The van der Waals surface area contributed by atoms with Crippen molar-refractivity contribution in [3.63, 3.8) is 0 Å². The summed E-state index contributed by atoms with van der Waals surface area (Å²) < 4.78 is 10.9. The minimum absolute atomic E-state index is 0.0429. The van der Waals surface area contributed by atoms with Crippen LogP contribution >= 0.6 is 0 Å². The van der Waals surface area contributed by atoms with E-state index < -0.39 is 0 Å². The Morgan fingerprint density at radius 1 is 1.63 bits per heavy atom. The van der Waals surface area contributed by atoms with Crippen LogP contribution in [-0.4, -0.2) is 35.3 Å². The van der Waals surface area contributed by atoms with Gasteiger partial charge in [0.1, 0.15) is 6.10 Å². The van der Waals surface area contributed by atoms with Crippen LogP contribution in [0.2, 0.25) is 0 Å². The molecule has 1 aromatic heterocycles. The Bertz CT molecular complexity index is 457. The molecule has 2 atom stereocenters. The number of nitrogens with two attached hydrogens (primary N) is 1. The number of hydrogen-bond acceptors (Lipinski definition) is 5. The standard InChI is InChI=1S/C12H19N5O2/c1-3-6-14-12(13)15-7-9-4-5-10(18-9)11-16-8(2)17-19-11/h3,9-10H,1,4-7H2,2H3,(H3,13,14,15)/t9-,10+/m1/s1. The second-order valence-electron chi connectivity index (χ2n) is 4.40. The quantitative estimate of drug-likeness (QED) is 0.461. The van der Waals surface area contributed by atoms with Gasteiger partial charge in [-0.15, -0.1) is 6.58 Å². The fraction of sp³-hybridized carbons (Fsp3) is 0.583. The summed E-state index contributed by atoms with van der Waals surface area (Å²) in [5, 5.41) is 6.68. The van der Waals surface area contributed by atoms with Crippen LogP contribution in [0.4, 0.5) is 0 Å². The summed E-state index contributed by atoms with van der Waals surface area (Å²) in [6.45, 7) is 6.51. The summed E-state index contributed by atoms with van der Waals surface area (Å²) in [5.41, 5.74) is 5.68. The van der Waals surface area contributed by atoms with E-state index in [1.165, 1.54) is 0 Å². The molecule has 2 rings (SSSR count). The van der Waals surface area contributed by atoms with Crippen LogP contribution in [0, 0.1) is 6.92 Å². The lowest BCUT2D eigenvalue weighted by Crippen LogP contribution is -2.32. The molecule has 7 heteroatoms. The molecule has 1 aliphatic rings. The molecule has 0 bridgehead atoms. The van der Waals surface area contributed by atoms with Crippen molar-refractivity contribution < 1.29 is 9.26 Å². The Balaban J connectivity index is 1.80. The summed E-state index contributed by atoms with van der Waals surface area (Å²) in [4.78, 5) is 8.40. The average molecular weight is 265 g/mol.